The van der Waals surface area contributed by atoms with Crippen LogP contribution in [0.5, 0.6) is 5.75 Å². The van der Waals surface area contributed by atoms with Gasteiger partial charge in [-0.25, -0.2) is 9.69 Å². The van der Waals surface area contributed by atoms with Gasteiger partial charge in [-0.2, -0.15) is 0 Å². The number of carbonyl (C=O) groups is 3. The van der Waals surface area contributed by atoms with E-state index >= 15 is 0 Å². The molecule has 1 aliphatic carbocycles. The van der Waals surface area contributed by atoms with Gasteiger partial charge in [-0.15, -0.1) is 0 Å². The molecule has 210 valence electrons. The molecule has 0 N–H and O–H groups in total. The van der Waals surface area contributed by atoms with Crippen LogP contribution in [0, 0.1) is 12.3 Å². The van der Waals surface area contributed by atoms with Gasteiger partial charge in [0.25, 0.3) is 5.91 Å². The minimum absolute atomic E-state index is 0.0184. The lowest BCUT2D eigenvalue weighted by atomic mass is 9.67. The number of amides is 2. The molecule has 1 atom stereocenters. The van der Waals surface area contributed by atoms with Gasteiger partial charge in [0, 0.05) is 53.5 Å². The van der Waals surface area contributed by atoms with Crippen molar-refractivity contribution in [1.82, 2.24) is 4.90 Å². The highest BCUT2D eigenvalue weighted by molar-refractivity contribution is 6.10. The van der Waals surface area contributed by atoms with Gasteiger partial charge in [-0.1, -0.05) is 43.7 Å². The highest BCUT2D eigenvalue weighted by atomic mass is 16.6. The van der Waals surface area contributed by atoms with E-state index in [9.17, 15) is 14.4 Å². The molecule has 0 radical (unpaired) electrons. The third kappa shape index (κ3) is 5.05. The maximum Gasteiger partial charge on any atom is 0.417 e. The largest absolute Gasteiger partial charge is 0.497 e. The maximum absolute atomic E-state index is 14.3. The SMILES string of the molecule is COc1cccc(C2C3=C(CC(C)(C)CC3=O)N(c3ccc(C)cc3)C3=C2C(=O)N(C(=O)OC(C)(C)C)CC3)c1. The van der Waals surface area contributed by atoms with Crippen LogP contribution in [0.15, 0.2) is 71.1 Å². The zero-order valence-corrected chi connectivity index (χ0v) is 24.5. The Morgan fingerprint density at radius 1 is 0.975 bits per heavy atom. The number of ether oxygens (including phenoxy) is 2. The number of allylic oxidation sites excluding steroid dienone is 2. The van der Waals surface area contributed by atoms with E-state index in [0.717, 1.165) is 28.2 Å². The number of ketones is 1. The molecule has 0 bridgehead atoms. The summed E-state index contributed by atoms with van der Waals surface area (Å²) in [6, 6.07) is 15.7. The van der Waals surface area contributed by atoms with Crippen LogP contribution in [0.3, 0.4) is 0 Å². The predicted molar refractivity (Wildman–Crippen MR) is 154 cm³/mol. The summed E-state index contributed by atoms with van der Waals surface area (Å²) in [4.78, 5) is 44.9. The van der Waals surface area contributed by atoms with E-state index in [0.29, 0.717) is 36.2 Å². The first kappa shape index (κ1) is 27.7. The van der Waals surface area contributed by atoms with E-state index in [2.05, 4.69) is 18.7 Å². The van der Waals surface area contributed by atoms with Crippen molar-refractivity contribution >= 4 is 23.5 Å². The highest BCUT2D eigenvalue weighted by Gasteiger charge is 2.49. The second-order valence-electron chi connectivity index (χ2n) is 12.7. The van der Waals surface area contributed by atoms with Gasteiger partial charge < -0.3 is 14.4 Å². The third-order valence-electron chi connectivity index (χ3n) is 7.71. The second kappa shape index (κ2) is 9.95. The monoisotopic (exact) mass is 542 g/mol. The van der Waals surface area contributed by atoms with Crippen LogP contribution in [0.1, 0.15) is 70.9 Å². The molecule has 0 fully saturated rings. The Balaban J connectivity index is 1.76. The molecule has 2 amide bonds. The van der Waals surface area contributed by atoms with Crippen LogP contribution in [-0.2, 0) is 14.3 Å². The molecule has 1 unspecified atom stereocenters. The van der Waals surface area contributed by atoms with Crippen LogP contribution in [-0.4, -0.2) is 41.9 Å². The number of anilines is 1. The average molecular weight is 543 g/mol. The van der Waals surface area contributed by atoms with Gasteiger partial charge >= 0.3 is 6.09 Å². The Kier molecular flexibility index (Phi) is 6.89. The Morgan fingerprint density at radius 3 is 2.33 bits per heavy atom. The average Bonchev–Trinajstić information content (AvgIpc) is 2.86. The fraction of sp³-hybridized carbons (Fsp3) is 0.424. The first-order valence-electron chi connectivity index (χ1n) is 13.8. The fourth-order valence-electron chi connectivity index (χ4n) is 6.03. The minimum Gasteiger partial charge on any atom is -0.497 e. The molecule has 7 nitrogen and oxygen atoms in total. The Hall–Kier alpha value is -3.87. The molecule has 5 rings (SSSR count). The van der Waals surface area contributed by atoms with Crippen molar-refractivity contribution in [2.24, 2.45) is 5.41 Å². The van der Waals surface area contributed by atoms with Gasteiger partial charge in [-0.3, -0.25) is 9.59 Å². The summed E-state index contributed by atoms with van der Waals surface area (Å²) >= 11 is 0. The molecule has 0 aromatic heterocycles. The summed E-state index contributed by atoms with van der Waals surface area (Å²) in [5.41, 5.74) is 4.63. The number of benzene rings is 2. The van der Waals surface area contributed by atoms with Gasteiger partial charge in [0.1, 0.15) is 11.4 Å². The van der Waals surface area contributed by atoms with E-state index in [1.165, 1.54) is 4.90 Å². The summed E-state index contributed by atoms with van der Waals surface area (Å²) < 4.78 is 11.1. The van der Waals surface area contributed by atoms with Crippen molar-refractivity contribution in [3.8, 4) is 5.75 Å². The molecule has 7 heteroatoms. The molecular formula is C33H38N2O5. The van der Waals surface area contributed by atoms with E-state index in [1.54, 1.807) is 27.9 Å². The number of aryl methyl sites for hydroxylation is 1. The lowest BCUT2D eigenvalue weighted by Gasteiger charge is -2.47. The minimum atomic E-state index is -0.751. The summed E-state index contributed by atoms with van der Waals surface area (Å²) in [6.07, 6.45) is 0.829. The lowest BCUT2D eigenvalue weighted by Crippen LogP contribution is -2.50. The second-order valence-corrected chi connectivity index (χ2v) is 12.7. The number of hydrogen-bond donors (Lipinski definition) is 0. The topological polar surface area (TPSA) is 76.2 Å². The number of hydrogen-bond acceptors (Lipinski definition) is 6. The lowest BCUT2D eigenvalue weighted by molar-refractivity contribution is -0.127. The number of rotatable bonds is 3. The van der Waals surface area contributed by atoms with Crippen molar-refractivity contribution in [3.63, 3.8) is 0 Å². The molecule has 2 aromatic rings. The third-order valence-corrected chi connectivity index (χ3v) is 7.71. The molecule has 0 saturated carbocycles. The maximum atomic E-state index is 14.3. The molecule has 0 spiro atoms. The van der Waals surface area contributed by atoms with Crippen molar-refractivity contribution in [3.05, 3.63) is 82.2 Å². The highest BCUT2D eigenvalue weighted by Crippen LogP contribution is 2.53. The smallest absolute Gasteiger partial charge is 0.417 e. The zero-order chi connectivity index (χ0) is 29.0. The molecule has 2 aliphatic heterocycles. The van der Waals surface area contributed by atoms with Crippen molar-refractivity contribution in [1.29, 1.82) is 0 Å². The van der Waals surface area contributed by atoms with E-state index < -0.39 is 23.5 Å². The van der Waals surface area contributed by atoms with Gasteiger partial charge in [-0.05, 0) is 69.4 Å². The number of nitrogens with zero attached hydrogens (tertiary/aromatic N) is 2. The summed E-state index contributed by atoms with van der Waals surface area (Å²) in [7, 11) is 1.60. The summed E-state index contributed by atoms with van der Waals surface area (Å²) in [5, 5.41) is 0. The molecular weight excluding hydrogens is 504 g/mol. The van der Waals surface area contributed by atoms with Crippen LogP contribution >= 0.6 is 0 Å². The summed E-state index contributed by atoms with van der Waals surface area (Å²) in [5.74, 6) is -0.392. The Labute approximate surface area is 236 Å². The first-order chi connectivity index (χ1) is 18.8. The van der Waals surface area contributed by atoms with Crippen LogP contribution in [0.25, 0.3) is 0 Å². The van der Waals surface area contributed by atoms with Gasteiger partial charge in [0.15, 0.2) is 5.78 Å². The quantitative estimate of drug-likeness (QED) is 0.431. The van der Waals surface area contributed by atoms with Crippen molar-refractivity contribution in [2.45, 2.75) is 72.3 Å². The molecule has 40 heavy (non-hydrogen) atoms. The summed E-state index contributed by atoms with van der Waals surface area (Å²) in [6.45, 7) is 11.8. The van der Waals surface area contributed by atoms with E-state index in [4.69, 9.17) is 9.47 Å². The van der Waals surface area contributed by atoms with Crippen LogP contribution in [0.4, 0.5) is 10.5 Å². The normalized spacial score (nSPS) is 20.8. The predicted octanol–water partition coefficient (Wildman–Crippen LogP) is 6.67. The number of methoxy groups -OCH3 is 1. The Morgan fingerprint density at radius 2 is 1.68 bits per heavy atom. The van der Waals surface area contributed by atoms with E-state index in [-0.39, 0.29) is 17.7 Å². The van der Waals surface area contributed by atoms with Crippen molar-refractivity contribution in [2.75, 3.05) is 18.6 Å². The fourth-order valence-corrected chi connectivity index (χ4v) is 6.03. The zero-order valence-electron chi connectivity index (χ0n) is 24.5. The van der Waals surface area contributed by atoms with E-state index in [1.807, 2.05) is 55.5 Å². The Bertz CT molecular complexity index is 1440. The number of Topliss-reactive ketones (excluding diaryl/α,β-unsaturated/α-hetero) is 1. The molecule has 2 heterocycles. The number of carbonyl (C=O) groups excluding carboxylic acids is 3. The first-order valence-corrected chi connectivity index (χ1v) is 13.8. The number of imide groups is 1. The van der Waals surface area contributed by atoms with Crippen molar-refractivity contribution < 1.29 is 23.9 Å². The molecule has 0 saturated heterocycles. The van der Waals surface area contributed by atoms with Crippen LogP contribution < -0.4 is 9.64 Å². The van der Waals surface area contributed by atoms with Gasteiger partial charge in [0.2, 0.25) is 0 Å². The molecule has 3 aliphatic rings. The standard InChI is InChI=1S/C33H38N2O5/c1-20-11-13-22(14-12-20)35-24-15-16-34(31(38)40-32(2,3)4)30(37)29(24)27(21-9-8-10-23(17-21)39-7)28-25(35)18-33(5,6)19-26(28)36/h8-14,17,27H,15-16,18-19H2,1-7H3. The van der Waals surface area contributed by atoms with Gasteiger partial charge in [0.05, 0.1) is 7.11 Å². The molecule has 2 aromatic carbocycles. The van der Waals surface area contributed by atoms with Crippen LogP contribution in [0.2, 0.25) is 0 Å².